The summed E-state index contributed by atoms with van der Waals surface area (Å²) in [6.07, 6.45) is 6.17. The fraction of sp³-hybridized carbons (Fsp3) is 0.400. The van der Waals surface area contributed by atoms with Crippen LogP contribution in [0.1, 0.15) is 30.1 Å². The lowest BCUT2D eigenvalue weighted by molar-refractivity contribution is 0.0785. The van der Waals surface area contributed by atoms with Crippen molar-refractivity contribution in [3.8, 4) is 17.0 Å². The van der Waals surface area contributed by atoms with Gasteiger partial charge in [-0.25, -0.2) is 0 Å². The van der Waals surface area contributed by atoms with E-state index in [1.54, 1.807) is 13.3 Å². The van der Waals surface area contributed by atoms with Gasteiger partial charge in [0.2, 0.25) is 0 Å². The summed E-state index contributed by atoms with van der Waals surface area (Å²) in [5.41, 5.74) is 3.76. The van der Waals surface area contributed by atoms with Crippen molar-refractivity contribution in [3.05, 3.63) is 47.7 Å². The standard InChI is InChI=1S/C20H23N3O2/c1-13-6-7-15-11-23(12-16(15)8-13)20(24)18-10-21-22-19(18)14-4-3-5-17(9-14)25-2/h3-6,9-10,15-16H,7-8,11-12H2,1-2H3,(H,21,22)/t15-,16+/m1/s1. The number of carbonyl (C=O) groups is 1. The van der Waals surface area contributed by atoms with Gasteiger partial charge >= 0.3 is 0 Å². The number of aromatic amines is 1. The number of likely N-dealkylation sites (tertiary alicyclic amines) is 1. The van der Waals surface area contributed by atoms with Crippen LogP contribution in [0, 0.1) is 11.8 Å². The van der Waals surface area contributed by atoms with Crippen molar-refractivity contribution in [2.24, 2.45) is 11.8 Å². The first-order valence-electron chi connectivity index (χ1n) is 8.78. The van der Waals surface area contributed by atoms with Gasteiger partial charge in [-0.2, -0.15) is 5.10 Å². The summed E-state index contributed by atoms with van der Waals surface area (Å²) in [4.78, 5) is 15.1. The number of hydrogen-bond acceptors (Lipinski definition) is 3. The van der Waals surface area contributed by atoms with Crippen LogP contribution in [0.25, 0.3) is 11.3 Å². The predicted molar refractivity (Wildman–Crippen MR) is 96.5 cm³/mol. The van der Waals surface area contributed by atoms with Crippen LogP contribution in [-0.2, 0) is 0 Å². The van der Waals surface area contributed by atoms with Crippen molar-refractivity contribution in [3.63, 3.8) is 0 Å². The Hall–Kier alpha value is -2.56. The molecule has 130 valence electrons. The van der Waals surface area contributed by atoms with E-state index in [-0.39, 0.29) is 5.91 Å². The minimum absolute atomic E-state index is 0.0682. The number of methoxy groups -OCH3 is 1. The highest BCUT2D eigenvalue weighted by atomic mass is 16.5. The van der Waals surface area contributed by atoms with Crippen molar-refractivity contribution in [1.82, 2.24) is 15.1 Å². The van der Waals surface area contributed by atoms with Gasteiger partial charge in [-0.15, -0.1) is 0 Å². The number of nitrogens with zero attached hydrogens (tertiary/aromatic N) is 2. The quantitative estimate of drug-likeness (QED) is 0.872. The van der Waals surface area contributed by atoms with E-state index in [4.69, 9.17) is 4.74 Å². The molecule has 2 atom stereocenters. The maximum absolute atomic E-state index is 13.1. The second-order valence-electron chi connectivity index (χ2n) is 7.11. The highest BCUT2D eigenvalue weighted by molar-refractivity contribution is 6.00. The largest absolute Gasteiger partial charge is 0.497 e. The Morgan fingerprint density at radius 1 is 1.32 bits per heavy atom. The van der Waals surface area contributed by atoms with Crippen molar-refractivity contribution >= 4 is 5.91 Å². The molecule has 0 bridgehead atoms. The molecule has 2 aliphatic rings. The molecular formula is C20H23N3O2. The normalized spacial score (nSPS) is 22.5. The number of allylic oxidation sites excluding steroid dienone is 2. The highest BCUT2D eigenvalue weighted by Crippen LogP contribution is 2.37. The minimum Gasteiger partial charge on any atom is -0.497 e. The van der Waals surface area contributed by atoms with E-state index in [1.165, 1.54) is 5.57 Å². The summed E-state index contributed by atoms with van der Waals surface area (Å²) in [5, 5.41) is 7.11. The van der Waals surface area contributed by atoms with Crippen LogP contribution >= 0.6 is 0 Å². The zero-order valence-electron chi connectivity index (χ0n) is 14.7. The molecule has 0 unspecified atom stereocenters. The Kier molecular flexibility index (Phi) is 4.07. The summed E-state index contributed by atoms with van der Waals surface area (Å²) in [6, 6.07) is 7.69. The van der Waals surface area contributed by atoms with E-state index in [0.717, 1.165) is 42.9 Å². The summed E-state index contributed by atoms with van der Waals surface area (Å²) in [6.45, 7) is 3.88. The van der Waals surface area contributed by atoms with Crippen LogP contribution in [0.4, 0.5) is 0 Å². The Morgan fingerprint density at radius 2 is 2.16 bits per heavy atom. The number of H-pyrrole nitrogens is 1. The van der Waals surface area contributed by atoms with E-state index in [1.807, 2.05) is 29.2 Å². The zero-order valence-corrected chi connectivity index (χ0v) is 14.7. The second kappa shape index (κ2) is 6.39. The number of benzene rings is 1. The fourth-order valence-corrected chi connectivity index (χ4v) is 4.07. The summed E-state index contributed by atoms with van der Waals surface area (Å²) >= 11 is 0. The molecule has 1 aromatic heterocycles. The first kappa shape index (κ1) is 15.9. The van der Waals surface area contributed by atoms with Gasteiger partial charge in [-0.3, -0.25) is 9.89 Å². The average molecular weight is 337 g/mol. The third-order valence-corrected chi connectivity index (χ3v) is 5.45. The molecule has 1 aromatic carbocycles. The van der Waals surface area contributed by atoms with E-state index in [2.05, 4.69) is 23.2 Å². The van der Waals surface area contributed by atoms with Crippen LogP contribution in [0.15, 0.2) is 42.1 Å². The van der Waals surface area contributed by atoms with Gasteiger partial charge in [0.05, 0.1) is 24.6 Å². The summed E-state index contributed by atoms with van der Waals surface area (Å²) < 4.78 is 5.29. The van der Waals surface area contributed by atoms with Gasteiger partial charge in [0, 0.05) is 18.7 Å². The molecule has 0 saturated carbocycles. The SMILES string of the molecule is COc1cccc(-c2[nH]ncc2C(=O)N2C[C@H]3CC=C(C)C[C@H]3C2)c1. The van der Waals surface area contributed by atoms with Crippen LogP contribution < -0.4 is 4.74 Å². The molecule has 0 spiro atoms. The first-order chi connectivity index (χ1) is 12.2. The lowest BCUT2D eigenvalue weighted by Crippen LogP contribution is -2.29. The molecule has 1 saturated heterocycles. The van der Waals surface area contributed by atoms with Crippen LogP contribution in [-0.4, -0.2) is 41.2 Å². The number of ether oxygens (including phenoxy) is 1. The van der Waals surface area contributed by atoms with E-state index >= 15 is 0 Å². The third kappa shape index (κ3) is 2.95. The van der Waals surface area contributed by atoms with Crippen molar-refractivity contribution in [2.75, 3.05) is 20.2 Å². The summed E-state index contributed by atoms with van der Waals surface area (Å²) in [7, 11) is 1.64. The molecule has 2 heterocycles. The molecule has 5 nitrogen and oxygen atoms in total. The second-order valence-corrected chi connectivity index (χ2v) is 7.11. The highest BCUT2D eigenvalue weighted by Gasteiger charge is 2.37. The van der Waals surface area contributed by atoms with Gasteiger partial charge in [-0.05, 0) is 43.7 Å². The molecular weight excluding hydrogens is 314 g/mol. The number of fused-ring (bicyclic) bond motifs is 1. The van der Waals surface area contributed by atoms with Gasteiger partial charge in [-0.1, -0.05) is 23.8 Å². The summed E-state index contributed by atoms with van der Waals surface area (Å²) in [5.74, 6) is 2.03. The monoisotopic (exact) mass is 337 g/mol. The molecule has 1 N–H and O–H groups in total. The zero-order chi connectivity index (χ0) is 17.4. The Morgan fingerprint density at radius 3 is 3.00 bits per heavy atom. The Bertz CT molecular complexity index is 824. The first-order valence-corrected chi connectivity index (χ1v) is 8.78. The van der Waals surface area contributed by atoms with E-state index in [9.17, 15) is 4.79 Å². The van der Waals surface area contributed by atoms with Crippen LogP contribution in [0.3, 0.4) is 0 Å². The van der Waals surface area contributed by atoms with E-state index in [0.29, 0.717) is 17.4 Å². The third-order valence-electron chi connectivity index (χ3n) is 5.45. The maximum atomic E-state index is 13.1. The van der Waals surface area contributed by atoms with E-state index < -0.39 is 0 Å². The smallest absolute Gasteiger partial charge is 0.257 e. The Balaban J connectivity index is 1.57. The number of carbonyl (C=O) groups excluding carboxylic acids is 1. The molecule has 5 heteroatoms. The minimum atomic E-state index is 0.0682. The van der Waals surface area contributed by atoms with Gasteiger partial charge in [0.25, 0.3) is 5.91 Å². The van der Waals surface area contributed by atoms with Crippen LogP contribution in [0.5, 0.6) is 5.75 Å². The number of aromatic nitrogens is 2. The van der Waals surface area contributed by atoms with Gasteiger partial charge < -0.3 is 9.64 Å². The van der Waals surface area contributed by atoms with Gasteiger partial charge in [0.15, 0.2) is 0 Å². The molecule has 1 aliphatic carbocycles. The molecule has 4 rings (SSSR count). The number of hydrogen-bond donors (Lipinski definition) is 1. The molecule has 1 aliphatic heterocycles. The lowest BCUT2D eigenvalue weighted by Gasteiger charge is -2.21. The van der Waals surface area contributed by atoms with Crippen LogP contribution in [0.2, 0.25) is 0 Å². The van der Waals surface area contributed by atoms with Gasteiger partial charge in [0.1, 0.15) is 5.75 Å². The fourth-order valence-electron chi connectivity index (χ4n) is 4.07. The predicted octanol–water partition coefficient (Wildman–Crippen LogP) is 3.51. The maximum Gasteiger partial charge on any atom is 0.257 e. The molecule has 0 radical (unpaired) electrons. The Labute approximate surface area is 147 Å². The molecule has 1 amide bonds. The number of nitrogens with one attached hydrogen (secondary N) is 1. The average Bonchev–Trinajstić information content (AvgIpc) is 3.27. The number of rotatable bonds is 3. The molecule has 25 heavy (non-hydrogen) atoms. The van der Waals surface area contributed by atoms with Crippen molar-refractivity contribution in [1.29, 1.82) is 0 Å². The van der Waals surface area contributed by atoms with Crippen molar-refractivity contribution in [2.45, 2.75) is 19.8 Å². The van der Waals surface area contributed by atoms with Crippen molar-refractivity contribution < 1.29 is 9.53 Å². The number of amides is 1. The topological polar surface area (TPSA) is 58.2 Å². The molecule has 2 aromatic rings. The molecule has 1 fully saturated rings. The lowest BCUT2D eigenvalue weighted by atomic mass is 9.83.